The van der Waals surface area contributed by atoms with E-state index in [4.69, 9.17) is 4.74 Å². The molecule has 3 rings (SSSR count). The van der Waals surface area contributed by atoms with Crippen molar-refractivity contribution in [3.05, 3.63) is 24.3 Å². The number of rotatable bonds is 5. The highest BCUT2D eigenvalue weighted by atomic mass is 16.5. The second-order valence-corrected chi connectivity index (χ2v) is 6.44. The molecule has 0 unspecified atom stereocenters. The topological polar surface area (TPSA) is 53.1 Å². The average Bonchev–Trinajstić information content (AvgIpc) is 3.44. The quantitative estimate of drug-likeness (QED) is 0.817. The molecular formula is C18H25N3O3. The third-order valence-corrected chi connectivity index (χ3v) is 4.77. The molecule has 0 radical (unpaired) electrons. The number of amides is 2. The number of nitrogens with zero attached hydrogens (tertiary/aromatic N) is 3. The lowest BCUT2D eigenvalue weighted by atomic mass is 10.2. The molecule has 6 nitrogen and oxygen atoms in total. The van der Waals surface area contributed by atoms with E-state index in [1.54, 1.807) is 18.9 Å². The summed E-state index contributed by atoms with van der Waals surface area (Å²) < 4.78 is 5.18. The Hall–Kier alpha value is -2.24. The standard InChI is InChI=1S/C18H25N3O3/c1-14(22)21(16-3-4-16)13-18(23)20-11-9-19(10-12-20)15-5-7-17(24-2)8-6-15/h5-8,16H,3-4,9-13H2,1-2H3. The molecule has 0 bridgehead atoms. The highest BCUT2D eigenvalue weighted by molar-refractivity contribution is 5.84. The molecule has 1 aromatic rings. The molecule has 2 aliphatic rings. The Morgan fingerprint density at radius 3 is 2.25 bits per heavy atom. The normalized spacial score (nSPS) is 17.6. The third kappa shape index (κ3) is 3.80. The van der Waals surface area contributed by atoms with Crippen LogP contribution in [-0.2, 0) is 9.59 Å². The predicted molar refractivity (Wildman–Crippen MR) is 92.2 cm³/mol. The fraction of sp³-hybridized carbons (Fsp3) is 0.556. The van der Waals surface area contributed by atoms with Gasteiger partial charge in [0.25, 0.3) is 0 Å². The van der Waals surface area contributed by atoms with Crippen LogP contribution >= 0.6 is 0 Å². The number of anilines is 1. The van der Waals surface area contributed by atoms with Crippen molar-refractivity contribution < 1.29 is 14.3 Å². The van der Waals surface area contributed by atoms with Gasteiger partial charge in [0.05, 0.1) is 13.7 Å². The second-order valence-electron chi connectivity index (χ2n) is 6.44. The van der Waals surface area contributed by atoms with Gasteiger partial charge in [0.2, 0.25) is 11.8 Å². The first-order chi connectivity index (χ1) is 11.6. The van der Waals surface area contributed by atoms with Gasteiger partial charge >= 0.3 is 0 Å². The van der Waals surface area contributed by atoms with E-state index in [1.807, 2.05) is 29.2 Å². The molecule has 0 spiro atoms. The lowest BCUT2D eigenvalue weighted by Crippen LogP contribution is -2.52. The van der Waals surface area contributed by atoms with Gasteiger partial charge in [-0.15, -0.1) is 0 Å². The summed E-state index contributed by atoms with van der Waals surface area (Å²) in [6.45, 7) is 4.78. The number of benzene rings is 1. The van der Waals surface area contributed by atoms with Crippen LogP contribution in [-0.4, -0.2) is 67.5 Å². The molecule has 0 atom stereocenters. The SMILES string of the molecule is COc1ccc(N2CCN(C(=O)CN(C(C)=O)C3CC3)CC2)cc1. The molecule has 1 aliphatic carbocycles. The minimum Gasteiger partial charge on any atom is -0.497 e. The predicted octanol–water partition coefficient (Wildman–Crippen LogP) is 1.35. The molecule has 0 N–H and O–H groups in total. The van der Waals surface area contributed by atoms with Crippen LogP contribution in [0.3, 0.4) is 0 Å². The number of ether oxygens (including phenoxy) is 1. The Bertz CT molecular complexity index is 590. The summed E-state index contributed by atoms with van der Waals surface area (Å²) in [5.41, 5.74) is 1.14. The van der Waals surface area contributed by atoms with Crippen molar-refractivity contribution in [3.63, 3.8) is 0 Å². The highest BCUT2D eigenvalue weighted by Crippen LogP contribution is 2.27. The van der Waals surface area contributed by atoms with Crippen molar-refractivity contribution in [3.8, 4) is 5.75 Å². The zero-order valence-corrected chi connectivity index (χ0v) is 14.4. The Balaban J connectivity index is 1.52. The van der Waals surface area contributed by atoms with E-state index >= 15 is 0 Å². The van der Waals surface area contributed by atoms with Gasteiger partial charge in [-0.2, -0.15) is 0 Å². The summed E-state index contributed by atoms with van der Waals surface area (Å²) >= 11 is 0. The van der Waals surface area contributed by atoms with Crippen LogP contribution in [0.2, 0.25) is 0 Å². The summed E-state index contributed by atoms with van der Waals surface area (Å²) in [6.07, 6.45) is 2.05. The van der Waals surface area contributed by atoms with Crippen LogP contribution in [0.4, 0.5) is 5.69 Å². The van der Waals surface area contributed by atoms with Crippen molar-refractivity contribution in [2.24, 2.45) is 0 Å². The van der Waals surface area contributed by atoms with Crippen LogP contribution in [0.5, 0.6) is 5.75 Å². The molecule has 1 saturated carbocycles. The van der Waals surface area contributed by atoms with E-state index in [-0.39, 0.29) is 24.4 Å². The number of hydrogen-bond donors (Lipinski definition) is 0. The maximum atomic E-state index is 12.5. The van der Waals surface area contributed by atoms with E-state index in [0.29, 0.717) is 13.1 Å². The van der Waals surface area contributed by atoms with E-state index in [1.165, 1.54) is 0 Å². The fourth-order valence-electron chi connectivity index (χ4n) is 3.14. The van der Waals surface area contributed by atoms with E-state index in [9.17, 15) is 9.59 Å². The first-order valence-corrected chi connectivity index (χ1v) is 8.52. The molecule has 1 heterocycles. The highest BCUT2D eigenvalue weighted by Gasteiger charge is 2.33. The fourth-order valence-corrected chi connectivity index (χ4v) is 3.14. The Kier molecular flexibility index (Phi) is 4.92. The summed E-state index contributed by atoms with van der Waals surface area (Å²) in [6, 6.07) is 8.27. The first-order valence-electron chi connectivity index (χ1n) is 8.52. The number of methoxy groups -OCH3 is 1. The van der Waals surface area contributed by atoms with Gasteiger partial charge in [-0.25, -0.2) is 0 Å². The molecule has 6 heteroatoms. The monoisotopic (exact) mass is 331 g/mol. The average molecular weight is 331 g/mol. The zero-order valence-electron chi connectivity index (χ0n) is 14.4. The lowest BCUT2D eigenvalue weighted by molar-refractivity contribution is -0.140. The molecule has 1 aromatic carbocycles. The zero-order chi connectivity index (χ0) is 17.1. The van der Waals surface area contributed by atoms with Crippen molar-refractivity contribution >= 4 is 17.5 Å². The number of carbonyl (C=O) groups excluding carboxylic acids is 2. The van der Waals surface area contributed by atoms with Crippen molar-refractivity contribution in [1.29, 1.82) is 0 Å². The lowest BCUT2D eigenvalue weighted by Gasteiger charge is -2.37. The minimum atomic E-state index is 0.00252. The van der Waals surface area contributed by atoms with Gasteiger partial charge in [0.1, 0.15) is 5.75 Å². The van der Waals surface area contributed by atoms with E-state index < -0.39 is 0 Å². The largest absolute Gasteiger partial charge is 0.497 e. The molecule has 1 saturated heterocycles. The summed E-state index contributed by atoms with van der Waals surface area (Å²) in [7, 11) is 1.66. The number of hydrogen-bond acceptors (Lipinski definition) is 4. The molecule has 2 amide bonds. The molecule has 2 fully saturated rings. The summed E-state index contributed by atoms with van der Waals surface area (Å²) in [4.78, 5) is 30.0. The van der Waals surface area contributed by atoms with Gasteiger partial charge in [-0.3, -0.25) is 9.59 Å². The maximum absolute atomic E-state index is 12.5. The van der Waals surface area contributed by atoms with Crippen LogP contribution in [0, 0.1) is 0 Å². The van der Waals surface area contributed by atoms with Crippen LogP contribution in [0.1, 0.15) is 19.8 Å². The van der Waals surface area contributed by atoms with Crippen molar-refractivity contribution in [1.82, 2.24) is 9.80 Å². The van der Waals surface area contributed by atoms with E-state index in [0.717, 1.165) is 37.4 Å². The van der Waals surface area contributed by atoms with E-state index in [2.05, 4.69) is 4.90 Å². The Labute approximate surface area is 143 Å². The third-order valence-electron chi connectivity index (χ3n) is 4.77. The molecule has 24 heavy (non-hydrogen) atoms. The van der Waals surface area contributed by atoms with Gasteiger partial charge < -0.3 is 19.4 Å². The van der Waals surface area contributed by atoms with Crippen LogP contribution < -0.4 is 9.64 Å². The molecule has 0 aromatic heterocycles. The van der Waals surface area contributed by atoms with Crippen molar-refractivity contribution in [2.75, 3.05) is 44.7 Å². The molecule has 1 aliphatic heterocycles. The van der Waals surface area contributed by atoms with Crippen molar-refractivity contribution in [2.45, 2.75) is 25.8 Å². The van der Waals surface area contributed by atoms with Gasteiger partial charge in [0.15, 0.2) is 0 Å². The van der Waals surface area contributed by atoms with Gasteiger partial charge in [-0.05, 0) is 37.1 Å². The molecular weight excluding hydrogens is 306 g/mol. The second kappa shape index (κ2) is 7.11. The minimum absolute atomic E-state index is 0.00252. The van der Waals surface area contributed by atoms with Crippen LogP contribution in [0.15, 0.2) is 24.3 Å². The Morgan fingerprint density at radius 1 is 1.12 bits per heavy atom. The Morgan fingerprint density at radius 2 is 1.75 bits per heavy atom. The smallest absolute Gasteiger partial charge is 0.242 e. The first kappa shape index (κ1) is 16.6. The summed E-state index contributed by atoms with van der Waals surface area (Å²) in [5, 5.41) is 0. The van der Waals surface area contributed by atoms with Gasteiger partial charge in [0, 0.05) is 44.8 Å². The molecule has 130 valence electrons. The maximum Gasteiger partial charge on any atom is 0.242 e. The number of piperazine rings is 1. The summed E-state index contributed by atoms with van der Waals surface area (Å²) in [5.74, 6) is 0.908. The van der Waals surface area contributed by atoms with Crippen LogP contribution in [0.25, 0.3) is 0 Å². The number of carbonyl (C=O) groups is 2. The van der Waals surface area contributed by atoms with Gasteiger partial charge in [-0.1, -0.05) is 0 Å².